The van der Waals surface area contributed by atoms with E-state index < -0.39 is 11.6 Å². The minimum absolute atomic E-state index is 0.0406. The van der Waals surface area contributed by atoms with Crippen LogP contribution in [0.15, 0.2) is 18.2 Å². The SMILES string of the molecule is Cc1c(O)c(-c2cccc(F)c2F)nn1C. The molecule has 3 nitrogen and oxygen atoms in total. The lowest BCUT2D eigenvalue weighted by atomic mass is 10.1. The van der Waals surface area contributed by atoms with Gasteiger partial charge in [0.1, 0.15) is 5.69 Å². The number of benzene rings is 1. The van der Waals surface area contributed by atoms with Crippen LogP contribution in [0.25, 0.3) is 11.3 Å². The van der Waals surface area contributed by atoms with Crippen LogP contribution in [-0.4, -0.2) is 14.9 Å². The molecule has 0 fully saturated rings. The van der Waals surface area contributed by atoms with Gasteiger partial charge in [0.2, 0.25) is 0 Å². The van der Waals surface area contributed by atoms with E-state index in [0.717, 1.165) is 6.07 Å². The maximum absolute atomic E-state index is 13.5. The van der Waals surface area contributed by atoms with Crippen molar-refractivity contribution in [1.82, 2.24) is 9.78 Å². The number of hydrogen-bond acceptors (Lipinski definition) is 2. The van der Waals surface area contributed by atoms with E-state index in [9.17, 15) is 13.9 Å². The van der Waals surface area contributed by atoms with Gasteiger partial charge in [-0.15, -0.1) is 0 Å². The molecule has 1 heterocycles. The fourth-order valence-electron chi connectivity index (χ4n) is 1.47. The quantitative estimate of drug-likeness (QED) is 0.807. The van der Waals surface area contributed by atoms with Gasteiger partial charge in [-0.05, 0) is 19.1 Å². The van der Waals surface area contributed by atoms with Crippen molar-refractivity contribution in [3.8, 4) is 17.0 Å². The normalized spacial score (nSPS) is 10.8. The van der Waals surface area contributed by atoms with Crippen LogP contribution in [0, 0.1) is 18.6 Å². The first kappa shape index (κ1) is 10.6. The molecular formula is C11H10F2N2O. The predicted octanol–water partition coefficient (Wildman–Crippen LogP) is 2.38. The molecule has 0 spiro atoms. The van der Waals surface area contributed by atoms with Crippen molar-refractivity contribution >= 4 is 0 Å². The van der Waals surface area contributed by atoms with Gasteiger partial charge in [0.05, 0.1) is 5.69 Å². The van der Waals surface area contributed by atoms with Crippen molar-refractivity contribution in [1.29, 1.82) is 0 Å². The van der Waals surface area contributed by atoms with Crippen LogP contribution < -0.4 is 0 Å². The zero-order valence-electron chi connectivity index (χ0n) is 8.83. The first-order valence-corrected chi connectivity index (χ1v) is 4.69. The van der Waals surface area contributed by atoms with Crippen LogP contribution in [-0.2, 0) is 7.05 Å². The number of aryl methyl sites for hydroxylation is 1. The van der Waals surface area contributed by atoms with Gasteiger partial charge in [-0.1, -0.05) is 6.07 Å². The Kier molecular flexibility index (Phi) is 2.38. The third-order valence-corrected chi connectivity index (χ3v) is 2.51. The first-order valence-electron chi connectivity index (χ1n) is 4.69. The molecule has 1 aromatic carbocycles. The monoisotopic (exact) mass is 224 g/mol. The molecule has 0 aliphatic rings. The lowest BCUT2D eigenvalue weighted by Gasteiger charge is -2.00. The van der Waals surface area contributed by atoms with Gasteiger partial charge in [-0.25, -0.2) is 8.78 Å². The summed E-state index contributed by atoms with van der Waals surface area (Å²) in [6, 6.07) is 3.77. The van der Waals surface area contributed by atoms with Crippen LogP contribution in [0.4, 0.5) is 8.78 Å². The van der Waals surface area contributed by atoms with Gasteiger partial charge in [-0.2, -0.15) is 5.10 Å². The number of nitrogens with zero attached hydrogens (tertiary/aromatic N) is 2. The molecule has 0 bridgehead atoms. The molecule has 2 aromatic rings. The molecule has 0 saturated carbocycles. The van der Waals surface area contributed by atoms with Gasteiger partial charge in [-0.3, -0.25) is 4.68 Å². The van der Waals surface area contributed by atoms with Crippen molar-refractivity contribution < 1.29 is 13.9 Å². The Labute approximate surface area is 91.0 Å². The summed E-state index contributed by atoms with van der Waals surface area (Å²) in [6.45, 7) is 1.64. The average Bonchev–Trinajstić information content (AvgIpc) is 2.50. The zero-order valence-corrected chi connectivity index (χ0v) is 8.83. The zero-order chi connectivity index (χ0) is 11.9. The van der Waals surface area contributed by atoms with Crippen LogP contribution in [0.1, 0.15) is 5.69 Å². The summed E-state index contributed by atoms with van der Waals surface area (Å²) >= 11 is 0. The van der Waals surface area contributed by atoms with Crippen molar-refractivity contribution in [2.75, 3.05) is 0 Å². The van der Waals surface area contributed by atoms with Crippen molar-refractivity contribution in [3.63, 3.8) is 0 Å². The van der Waals surface area contributed by atoms with Gasteiger partial charge in [0.15, 0.2) is 17.4 Å². The van der Waals surface area contributed by atoms with E-state index in [4.69, 9.17) is 0 Å². The Morgan fingerprint density at radius 3 is 2.56 bits per heavy atom. The van der Waals surface area contributed by atoms with Crippen LogP contribution in [0.2, 0.25) is 0 Å². The molecule has 0 radical (unpaired) electrons. The summed E-state index contributed by atoms with van der Waals surface area (Å²) in [4.78, 5) is 0. The molecule has 0 aliphatic carbocycles. The van der Waals surface area contributed by atoms with Gasteiger partial charge < -0.3 is 5.11 Å². The van der Waals surface area contributed by atoms with E-state index in [2.05, 4.69) is 5.10 Å². The second kappa shape index (κ2) is 3.59. The standard InChI is InChI=1S/C11H10F2N2O/c1-6-11(16)10(14-15(6)2)7-4-3-5-8(12)9(7)13/h3-5,16H,1-2H3. The molecule has 0 saturated heterocycles. The Hall–Kier alpha value is -1.91. The summed E-state index contributed by atoms with van der Waals surface area (Å²) in [5.41, 5.74) is 0.511. The number of hydrogen-bond donors (Lipinski definition) is 1. The Morgan fingerprint density at radius 2 is 2.00 bits per heavy atom. The minimum atomic E-state index is -1.00. The Bertz CT molecular complexity index is 549. The highest BCUT2D eigenvalue weighted by Gasteiger charge is 2.18. The molecule has 84 valence electrons. The van der Waals surface area contributed by atoms with Gasteiger partial charge in [0.25, 0.3) is 0 Å². The second-order valence-electron chi connectivity index (χ2n) is 3.51. The number of halogens is 2. The van der Waals surface area contributed by atoms with E-state index in [-0.39, 0.29) is 17.0 Å². The van der Waals surface area contributed by atoms with E-state index in [0.29, 0.717) is 5.69 Å². The maximum Gasteiger partial charge on any atom is 0.168 e. The molecule has 0 atom stereocenters. The largest absolute Gasteiger partial charge is 0.504 e. The number of aromatic hydroxyl groups is 1. The topological polar surface area (TPSA) is 38.1 Å². The van der Waals surface area contributed by atoms with Gasteiger partial charge in [0, 0.05) is 12.6 Å². The van der Waals surface area contributed by atoms with Gasteiger partial charge >= 0.3 is 0 Å². The molecule has 2 rings (SSSR count). The van der Waals surface area contributed by atoms with Crippen LogP contribution >= 0.6 is 0 Å². The summed E-state index contributed by atoms with van der Waals surface area (Å²) in [6.07, 6.45) is 0. The molecule has 5 heteroatoms. The molecule has 1 aromatic heterocycles. The molecular weight excluding hydrogens is 214 g/mol. The molecule has 0 aliphatic heterocycles. The average molecular weight is 224 g/mol. The molecule has 1 N–H and O–H groups in total. The highest BCUT2D eigenvalue weighted by atomic mass is 19.2. The van der Waals surface area contributed by atoms with E-state index in [1.807, 2.05) is 0 Å². The van der Waals surface area contributed by atoms with E-state index >= 15 is 0 Å². The van der Waals surface area contributed by atoms with E-state index in [1.165, 1.54) is 16.8 Å². The lowest BCUT2D eigenvalue weighted by Crippen LogP contribution is -1.93. The van der Waals surface area contributed by atoms with E-state index in [1.54, 1.807) is 14.0 Å². The fraction of sp³-hybridized carbons (Fsp3) is 0.182. The smallest absolute Gasteiger partial charge is 0.168 e. The third-order valence-electron chi connectivity index (χ3n) is 2.51. The highest BCUT2D eigenvalue weighted by Crippen LogP contribution is 2.32. The fourth-order valence-corrected chi connectivity index (χ4v) is 1.47. The predicted molar refractivity (Wildman–Crippen MR) is 55.0 cm³/mol. The Balaban J connectivity index is 2.68. The summed E-state index contributed by atoms with van der Waals surface area (Å²) in [5.74, 6) is -2.09. The van der Waals surface area contributed by atoms with Crippen LogP contribution in [0.3, 0.4) is 0 Å². The summed E-state index contributed by atoms with van der Waals surface area (Å²) in [7, 11) is 1.62. The van der Waals surface area contributed by atoms with Crippen molar-refractivity contribution in [2.45, 2.75) is 6.92 Å². The first-order chi connectivity index (χ1) is 7.52. The third kappa shape index (κ3) is 1.44. The number of rotatable bonds is 1. The summed E-state index contributed by atoms with van der Waals surface area (Å²) in [5, 5.41) is 13.7. The Morgan fingerprint density at radius 1 is 1.31 bits per heavy atom. The summed E-state index contributed by atoms with van der Waals surface area (Å²) < 4.78 is 27.9. The number of aromatic nitrogens is 2. The molecule has 0 unspecified atom stereocenters. The maximum atomic E-state index is 13.5. The second-order valence-corrected chi connectivity index (χ2v) is 3.51. The minimum Gasteiger partial charge on any atom is -0.504 e. The molecule has 0 amide bonds. The van der Waals surface area contributed by atoms with Crippen molar-refractivity contribution in [3.05, 3.63) is 35.5 Å². The highest BCUT2D eigenvalue weighted by molar-refractivity contribution is 5.67. The lowest BCUT2D eigenvalue weighted by molar-refractivity contribution is 0.469. The van der Waals surface area contributed by atoms with Crippen molar-refractivity contribution in [2.24, 2.45) is 7.05 Å². The van der Waals surface area contributed by atoms with Crippen LogP contribution in [0.5, 0.6) is 5.75 Å². The molecule has 16 heavy (non-hydrogen) atoms.